The van der Waals surface area contributed by atoms with Gasteiger partial charge < -0.3 is 5.73 Å². The Morgan fingerprint density at radius 2 is 1.93 bits per heavy atom. The minimum absolute atomic E-state index is 0.303. The van der Waals surface area contributed by atoms with Gasteiger partial charge in [-0.05, 0) is 12.1 Å². The number of nitrogens with two attached hydrogens (primary N) is 1. The van der Waals surface area contributed by atoms with Gasteiger partial charge in [0.1, 0.15) is 0 Å². The summed E-state index contributed by atoms with van der Waals surface area (Å²) < 4.78 is 1.03. The largest absolute Gasteiger partial charge is 0.324 e. The Hall–Kier alpha value is -1.33. The van der Waals surface area contributed by atoms with Gasteiger partial charge in [-0.15, -0.1) is 5.10 Å². The summed E-state index contributed by atoms with van der Waals surface area (Å²) in [6.45, 7) is 0.303. The quantitative estimate of drug-likeness (QED) is 0.898. The fourth-order valence-corrected chi connectivity index (χ4v) is 1.45. The molecule has 5 heteroatoms. The molecule has 0 unspecified atom stereocenters. The average molecular weight is 265 g/mol. The third-order valence-corrected chi connectivity index (χ3v) is 2.45. The van der Waals surface area contributed by atoms with Gasteiger partial charge in [0, 0.05) is 10.0 Å². The number of rotatable bonds is 2. The molecule has 1 aromatic carbocycles. The van der Waals surface area contributed by atoms with Gasteiger partial charge in [-0.1, -0.05) is 28.1 Å². The van der Waals surface area contributed by atoms with Gasteiger partial charge in [0.2, 0.25) is 0 Å². The molecule has 2 rings (SSSR count). The first kappa shape index (κ1) is 10.2. The zero-order chi connectivity index (χ0) is 10.7. The van der Waals surface area contributed by atoms with Crippen molar-refractivity contribution in [2.24, 2.45) is 5.73 Å². The predicted molar refractivity (Wildman–Crippen MR) is 60.9 cm³/mol. The van der Waals surface area contributed by atoms with Crippen LogP contribution in [-0.4, -0.2) is 15.2 Å². The predicted octanol–water partition coefficient (Wildman–Crippen LogP) is 1.76. The number of hydrogen-bond acceptors (Lipinski definition) is 4. The van der Waals surface area contributed by atoms with E-state index in [4.69, 9.17) is 5.73 Å². The lowest BCUT2D eigenvalue weighted by atomic mass is 10.2. The first-order valence-corrected chi connectivity index (χ1v) is 5.23. The summed E-state index contributed by atoms with van der Waals surface area (Å²) in [6, 6.07) is 7.85. The van der Waals surface area contributed by atoms with Gasteiger partial charge in [0.05, 0.1) is 18.4 Å². The molecule has 2 aromatic rings. The van der Waals surface area contributed by atoms with Crippen LogP contribution in [0.4, 0.5) is 0 Å². The maximum atomic E-state index is 5.45. The van der Waals surface area contributed by atoms with E-state index in [1.807, 2.05) is 24.3 Å². The van der Waals surface area contributed by atoms with Crippen molar-refractivity contribution < 1.29 is 0 Å². The van der Waals surface area contributed by atoms with Crippen molar-refractivity contribution in [1.82, 2.24) is 15.2 Å². The van der Waals surface area contributed by atoms with Crippen LogP contribution in [0.5, 0.6) is 0 Å². The molecule has 0 saturated carbocycles. The highest BCUT2D eigenvalue weighted by Crippen LogP contribution is 2.18. The number of aromatic nitrogens is 3. The lowest BCUT2D eigenvalue weighted by Crippen LogP contribution is -2.04. The third-order valence-electron chi connectivity index (χ3n) is 1.93. The smallest absolute Gasteiger partial charge is 0.165 e. The van der Waals surface area contributed by atoms with E-state index in [0.29, 0.717) is 12.4 Å². The Balaban J connectivity index is 2.40. The molecule has 0 atom stereocenters. The average Bonchev–Trinajstić information content (AvgIpc) is 2.30. The van der Waals surface area contributed by atoms with Crippen LogP contribution in [0.25, 0.3) is 11.3 Å². The highest BCUT2D eigenvalue weighted by Gasteiger charge is 2.01. The monoisotopic (exact) mass is 264 g/mol. The minimum atomic E-state index is 0.303. The zero-order valence-corrected chi connectivity index (χ0v) is 9.48. The number of benzene rings is 1. The van der Waals surface area contributed by atoms with Crippen LogP contribution >= 0.6 is 15.9 Å². The lowest BCUT2D eigenvalue weighted by Gasteiger charge is -2.01. The Kier molecular flexibility index (Phi) is 3.03. The molecule has 76 valence electrons. The molecule has 1 heterocycles. The molecule has 4 nitrogen and oxygen atoms in total. The zero-order valence-electron chi connectivity index (χ0n) is 7.89. The summed E-state index contributed by atoms with van der Waals surface area (Å²) in [5.41, 5.74) is 7.24. The summed E-state index contributed by atoms with van der Waals surface area (Å²) in [7, 11) is 0. The second-order valence-electron chi connectivity index (χ2n) is 2.97. The fourth-order valence-electron chi connectivity index (χ4n) is 1.19. The molecule has 1 aromatic heterocycles. The summed E-state index contributed by atoms with van der Waals surface area (Å²) in [4.78, 5) is 4.28. The second-order valence-corrected chi connectivity index (χ2v) is 3.88. The van der Waals surface area contributed by atoms with Gasteiger partial charge in [-0.3, -0.25) is 0 Å². The summed E-state index contributed by atoms with van der Waals surface area (Å²) in [5, 5.41) is 7.66. The van der Waals surface area contributed by atoms with E-state index in [2.05, 4.69) is 31.1 Å². The summed E-state index contributed by atoms with van der Waals surface area (Å²) >= 11 is 3.38. The number of nitrogens with zero attached hydrogens (tertiary/aromatic N) is 3. The van der Waals surface area contributed by atoms with Gasteiger partial charge in [-0.25, -0.2) is 4.98 Å². The van der Waals surface area contributed by atoms with E-state index in [1.165, 1.54) is 0 Å². The van der Waals surface area contributed by atoms with Crippen molar-refractivity contribution in [1.29, 1.82) is 0 Å². The lowest BCUT2D eigenvalue weighted by molar-refractivity contribution is 0.834. The van der Waals surface area contributed by atoms with Crippen LogP contribution in [0, 0.1) is 0 Å². The van der Waals surface area contributed by atoms with E-state index in [-0.39, 0.29) is 0 Å². The molecule has 0 radical (unpaired) electrons. The first-order chi connectivity index (χ1) is 7.29. The van der Waals surface area contributed by atoms with Crippen molar-refractivity contribution in [2.75, 3.05) is 0 Å². The molecule has 0 aliphatic rings. The Bertz CT molecular complexity index is 455. The van der Waals surface area contributed by atoms with Gasteiger partial charge in [0.25, 0.3) is 0 Å². The Morgan fingerprint density at radius 1 is 1.20 bits per heavy atom. The maximum Gasteiger partial charge on any atom is 0.165 e. The van der Waals surface area contributed by atoms with Gasteiger partial charge in [-0.2, -0.15) is 5.10 Å². The van der Waals surface area contributed by atoms with Gasteiger partial charge in [0.15, 0.2) is 5.82 Å². The minimum Gasteiger partial charge on any atom is -0.324 e. The molecule has 15 heavy (non-hydrogen) atoms. The van der Waals surface area contributed by atoms with Crippen molar-refractivity contribution in [2.45, 2.75) is 6.54 Å². The van der Waals surface area contributed by atoms with E-state index >= 15 is 0 Å². The Morgan fingerprint density at radius 3 is 2.60 bits per heavy atom. The number of halogens is 1. The van der Waals surface area contributed by atoms with E-state index in [1.54, 1.807) is 6.20 Å². The first-order valence-electron chi connectivity index (χ1n) is 4.44. The van der Waals surface area contributed by atoms with Gasteiger partial charge >= 0.3 is 0 Å². The van der Waals surface area contributed by atoms with Crippen LogP contribution < -0.4 is 5.73 Å². The summed E-state index contributed by atoms with van der Waals surface area (Å²) in [6.07, 6.45) is 1.63. The van der Waals surface area contributed by atoms with Crippen molar-refractivity contribution in [3.63, 3.8) is 0 Å². The van der Waals surface area contributed by atoms with Crippen molar-refractivity contribution >= 4 is 15.9 Å². The Labute approximate surface area is 95.7 Å². The summed E-state index contributed by atoms with van der Waals surface area (Å²) in [5.74, 6) is 0.551. The SMILES string of the molecule is NCc1nncc(-c2ccc(Br)cc2)n1. The third kappa shape index (κ3) is 2.37. The maximum absolute atomic E-state index is 5.45. The molecular weight excluding hydrogens is 256 g/mol. The van der Waals surface area contributed by atoms with Crippen molar-refractivity contribution in [3.05, 3.63) is 40.8 Å². The molecule has 0 saturated heterocycles. The standard InChI is InChI=1S/C10H9BrN4/c11-8-3-1-7(2-4-8)9-6-13-15-10(5-12)14-9/h1-4,6H,5,12H2. The molecule has 0 fully saturated rings. The molecule has 2 N–H and O–H groups in total. The fraction of sp³-hybridized carbons (Fsp3) is 0.100. The van der Waals surface area contributed by atoms with Crippen molar-refractivity contribution in [3.8, 4) is 11.3 Å². The molecule has 0 aliphatic carbocycles. The molecule has 0 amide bonds. The van der Waals surface area contributed by atoms with Crippen LogP contribution in [0.2, 0.25) is 0 Å². The second kappa shape index (κ2) is 4.46. The molecular formula is C10H9BrN4. The van der Waals surface area contributed by atoms with E-state index < -0.39 is 0 Å². The topological polar surface area (TPSA) is 64.7 Å². The normalized spacial score (nSPS) is 10.3. The number of hydrogen-bond donors (Lipinski definition) is 1. The highest BCUT2D eigenvalue weighted by atomic mass is 79.9. The van der Waals surface area contributed by atoms with E-state index in [9.17, 15) is 0 Å². The highest BCUT2D eigenvalue weighted by molar-refractivity contribution is 9.10. The van der Waals surface area contributed by atoms with Crippen LogP contribution in [0.1, 0.15) is 5.82 Å². The molecule has 0 bridgehead atoms. The molecule has 0 spiro atoms. The van der Waals surface area contributed by atoms with Crippen LogP contribution in [-0.2, 0) is 6.54 Å². The van der Waals surface area contributed by atoms with E-state index in [0.717, 1.165) is 15.7 Å². The van der Waals surface area contributed by atoms with Crippen LogP contribution in [0.15, 0.2) is 34.9 Å². The molecule has 0 aliphatic heterocycles. The van der Waals surface area contributed by atoms with Crippen LogP contribution in [0.3, 0.4) is 0 Å².